The van der Waals surface area contributed by atoms with Crippen molar-refractivity contribution in [2.45, 2.75) is 19.0 Å². The Kier molecular flexibility index (Phi) is 6.85. The van der Waals surface area contributed by atoms with E-state index < -0.39 is 35.8 Å². The van der Waals surface area contributed by atoms with Crippen molar-refractivity contribution >= 4 is 28.8 Å². The average Bonchev–Trinajstić information content (AvgIpc) is 3.65. The number of carbonyl (C=O) groups is 2. The second-order valence-electron chi connectivity index (χ2n) is 9.52. The molecule has 4 aromatic rings. The molecule has 1 saturated carbocycles. The van der Waals surface area contributed by atoms with Crippen LogP contribution in [0.1, 0.15) is 23.2 Å². The minimum Gasteiger partial charge on any atom is -0.496 e. The van der Waals surface area contributed by atoms with Crippen LogP contribution in [0.5, 0.6) is 5.75 Å². The predicted molar refractivity (Wildman–Crippen MR) is 142 cm³/mol. The first-order chi connectivity index (χ1) is 19.4. The fourth-order valence-electron chi connectivity index (χ4n) is 4.40. The molecule has 10 nitrogen and oxygen atoms in total. The van der Waals surface area contributed by atoms with Gasteiger partial charge >= 0.3 is 6.18 Å². The number of rotatable bonds is 8. The van der Waals surface area contributed by atoms with E-state index in [1.54, 1.807) is 36.4 Å². The van der Waals surface area contributed by atoms with Crippen molar-refractivity contribution in [1.29, 1.82) is 0 Å². The fourth-order valence-corrected chi connectivity index (χ4v) is 4.40. The Hall–Kier alpha value is -5.01. The Morgan fingerprint density at radius 1 is 1.15 bits per heavy atom. The summed E-state index contributed by atoms with van der Waals surface area (Å²) in [5, 5.41) is 13.4. The fraction of sp³-hybridized carbons (Fsp3) is 0.222. The van der Waals surface area contributed by atoms with Crippen LogP contribution in [0.2, 0.25) is 0 Å². The molecule has 212 valence electrons. The van der Waals surface area contributed by atoms with Crippen molar-refractivity contribution in [2.75, 3.05) is 24.7 Å². The van der Waals surface area contributed by atoms with Gasteiger partial charge < -0.3 is 21.1 Å². The summed E-state index contributed by atoms with van der Waals surface area (Å²) in [7, 11) is 1.33. The molecule has 1 aliphatic rings. The molecule has 0 atom stereocenters. The van der Waals surface area contributed by atoms with Crippen molar-refractivity contribution < 1.29 is 31.9 Å². The van der Waals surface area contributed by atoms with E-state index in [9.17, 15) is 27.2 Å². The Morgan fingerprint density at radius 2 is 1.83 bits per heavy atom. The molecule has 5 rings (SSSR count). The van der Waals surface area contributed by atoms with Gasteiger partial charge in [-0.15, -0.1) is 14.8 Å². The minimum atomic E-state index is -4.40. The monoisotopic (exact) mass is 569 g/mol. The van der Waals surface area contributed by atoms with E-state index in [4.69, 9.17) is 10.5 Å². The normalized spacial score (nSPS) is 14.0. The third kappa shape index (κ3) is 5.15. The van der Waals surface area contributed by atoms with Gasteiger partial charge in [0.1, 0.15) is 23.3 Å². The van der Waals surface area contributed by atoms with Crippen molar-refractivity contribution in [2.24, 2.45) is 5.41 Å². The number of nitrogens with two attached hydrogens (primary N) is 1. The maximum atomic E-state index is 13.3. The summed E-state index contributed by atoms with van der Waals surface area (Å²) in [6.07, 6.45) is -3.24. The van der Waals surface area contributed by atoms with E-state index in [1.807, 2.05) is 0 Å². The topological polar surface area (TPSA) is 137 Å². The number of nitrogen functional groups attached to an aromatic ring is 1. The van der Waals surface area contributed by atoms with Crippen molar-refractivity contribution in [3.63, 3.8) is 0 Å². The van der Waals surface area contributed by atoms with Crippen molar-refractivity contribution in [3.05, 3.63) is 66.8 Å². The van der Waals surface area contributed by atoms with Gasteiger partial charge in [0.15, 0.2) is 11.6 Å². The summed E-state index contributed by atoms with van der Waals surface area (Å²) < 4.78 is 59.7. The van der Waals surface area contributed by atoms with Crippen LogP contribution in [0, 0.1) is 5.41 Å². The molecule has 14 heteroatoms. The zero-order valence-electron chi connectivity index (χ0n) is 21.6. The van der Waals surface area contributed by atoms with Crippen molar-refractivity contribution in [3.8, 4) is 28.1 Å². The number of alkyl halides is 3. The first-order valence-electron chi connectivity index (χ1n) is 12.2. The number of ether oxygens (including phenoxy) is 1. The molecule has 1 fully saturated rings. The zero-order valence-corrected chi connectivity index (χ0v) is 21.6. The molecule has 0 saturated heterocycles. The molecule has 2 aromatic heterocycles. The van der Waals surface area contributed by atoms with E-state index in [0.29, 0.717) is 33.6 Å². The standard InChI is InChI=1S/C27H23F4N7O3/c1-14(28)24(39)36-17-6-3-15(4-7-17)21-20(22-23(32)34-13-35-38(22)37-21)16-5-8-18(19(11-16)41-2)25(40)33-12-26(9-10-26)27(29,30)31/h3-8,11,13H,1,9-10,12H2,2H3,(H,33,40)(H,36,39)(H2,32,34,35). The lowest BCUT2D eigenvalue weighted by atomic mass is 9.97. The number of nitrogens with zero attached hydrogens (tertiary/aromatic N) is 4. The number of fused-ring (bicyclic) bond motifs is 1. The molecule has 2 aromatic carbocycles. The second kappa shape index (κ2) is 10.2. The number of benzene rings is 2. The second-order valence-corrected chi connectivity index (χ2v) is 9.52. The highest BCUT2D eigenvalue weighted by molar-refractivity contribution is 6.02. The van der Waals surface area contributed by atoms with Crippen LogP contribution in [-0.2, 0) is 4.79 Å². The van der Waals surface area contributed by atoms with Crippen LogP contribution in [0.25, 0.3) is 27.9 Å². The smallest absolute Gasteiger partial charge is 0.396 e. The number of aromatic nitrogens is 4. The highest BCUT2D eigenvalue weighted by atomic mass is 19.4. The summed E-state index contributed by atoms with van der Waals surface area (Å²) in [6.45, 7) is 2.44. The van der Waals surface area contributed by atoms with Gasteiger partial charge in [-0.1, -0.05) is 24.8 Å². The molecule has 0 aliphatic heterocycles. The predicted octanol–water partition coefficient (Wildman–Crippen LogP) is 4.54. The molecule has 0 unspecified atom stereocenters. The van der Waals surface area contributed by atoms with Crippen LogP contribution < -0.4 is 21.1 Å². The Balaban J connectivity index is 1.52. The molecular formula is C27H23F4N7O3. The molecule has 0 radical (unpaired) electrons. The summed E-state index contributed by atoms with van der Waals surface area (Å²) in [6, 6.07) is 10.9. The minimum absolute atomic E-state index is 0.0354. The summed E-state index contributed by atoms with van der Waals surface area (Å²) in [5.74, 6) is -2.59. The van der Waals surface area contributed by atoms with Gasteiger partial charge in [-0.2, -0.15) is 13.2 Å². The average molecular weight is 570 g/mol. The number of hydrogen-bond donors (Lipinski definition) is 3. The van der Waals surface area contributed by atoms with Crippen LogP contribution in [0.3, 0.4) is 0 Å². The summed E-state index contributed by atoms with van der Waals surface area (Å²) >= 11 is 0. The van der Waals surface area contributed by atoms with Crippen LogP contribution in [-0.4, -0.2) is 51.5 Å². The van der Waals surface area contributed by atoms with Gasteiger partial charge in [-0.25, -0.2) is 9.37 Å². The molecule has 4 N–H and O–H groups in total. The van der Waals surface area contributed by atoms with Crippen LogP contribution in [0.4, 0.5) is 29.1 Å². The first kappa shape index (κ1) is 27.6. The van der Waals surface area contributed by atoms with Gasteiger partial charge in [0, 0.05) is 23.4 Å². The number of methoxy groups -OCH3 is 1. The highest BCUT2D eigenvalue weighted by Gasteiger charge is 2.63. The van der Waals surface area contributed by atoms with Gasteiger partial charge in [0.25, 0.3) is 11.8 Å². The Bertz CT molecular complexity index is 1680. The van der Waals surface area contributed by atoms with Gasteiger partial charge in [0.05, 0.1) is 18.1 Å². The summed E-state index contributed by atoms with van der Waals surface area (Å²) in [4.78, 5) is 28.5. The number of carbonyl (C=O) groups excluding carboxylic acids is 2. The van der Waals surface area contributed by atoms with E-state index in [-0.39, 0.29) is 30.0 Å². The van der Waals surface area contributed by atoms with Crippen LogP contribution >= 0.6 is 0 Å². The molecule has 1 aliphatic carbocycles. The first-order valence-corrected chi connectivity index (χ1v) is 12.2. The Morgan fingerprint density at radius 3 is 2.44 bits per heavy atom. The van der Waals surface area contributed by atoms with E-state index in [1.165, 1.54) is 24.1 Å². The number of anilines is 2. The molecule has 41 heavy (non-hydrogen) atoms. The molecule has 0 bridgehead atoms. The lowest BCUT2D eigenvalue weighted by Crippen LogP contribution is -2.38. The van der Waals surface area contributed by atoms with Gasteiger partial charge in [0.2, 0.25) is 0 Å². The van der Waals surface area contributed by atoms with Gasteiger partial charge in [-0.05, 0) is 42.7 Å². The van der Waals surface area contributed by atoms with Gasteiger partial charge in [-0.3, -0.25) is 9.59 Å². The van der Waals surface area contributed by atoms with Crippen molar-refractivity contribution in [1.82, 2.24) is 25.1 Å². The largest absolute Gasteiger partial charge is 0.496 e. The number of amides is 2. The maximum Gasteiger partial charge on any atom is 0.396 e. The van der Waals surface area contributed by atoms with E-state index in [0.717, 1.165) is 0 Å². The number of nitrogens with one attached hydrogen (secondary N) is 2. The lowest BCUT2D eigenvalue weighted by Gasteiger charge is -2.20. The Labute approximate surface area is 230 Å². The number of hydrogen-bond acceptors (Lipinski definition) is 7. The zero-order chi connectivity index (χ0) is 29.5. The number of halogens is 4. The molecule has 2 amide bonds. The summed E-state index contributed by atoms with van der Waals surface area (Å²) in [5.41, 5.74) is 6.97. The maximum absolute atomic E-state index is 13.3. The third-order valence-corrected chi connectivity index (χ3v) is 6.91. The van der Waals surface area contributed by atoms with E-state index >= 15 is 0 Å². The third-order valence-electron chi connectivity index (χ3n) is 6.91. The lowest BCUT2D eigenvalue weighted by molar-refractivity contribution is -0.184. The molecular weight excluding hydrogens is 546 g/mol. The molecule has 2 heterocycles. The molecule has 0 spiro atoms. The SMILES string of the molecule is C=C(F)C(=O)Nc1ccc(-c2nn3ncnc(N)c3c2-c2ccc(C(=O)NCC3(C(F)(F)F)CC3)c(OC)c2)cc1. The highest BCUT2D eigenvalue weighted by Crippen LogP contribution is 2.57. The van der Waals surface area contributed by atoms with E-state index in [2.05, 4.69) is 32.4 Å². The van der Waals surface area contributed by atoms with Crippen LogP contribution in [0.15, 0.2) is 61.2 Å². The quantitative estimate of drug-likeness (QED) is 0.209.